The minimum atomic E-state index is -3.17. The predicted molar refractivity (Wildman–Crippen MR) is 62.3 cm³/mol. The molecule has 0 spiro atoms. The van der Waals surface area contributed by atoms with E-state index in [1.165, 1.54) is 12.6 Å². The van der Waals surface area contributed by atoms with Crippen LogP contribution in [-0.4, -0.2) is 15.5 Å². The summed E-state index contributed by atoms with van der Waals surface area (Å²) in [7, 11) is -1.74. The predicted octanol–water partition coefficient (Wildman–Crippen LogP) is 1.66. The van der Waals surface area contributed by atoms with Gasteiger partial charge >= 0.3 is 0 Å². The fourth-order valence-corrected chi connectivity index (χ4v) is 2.32. The second kappa shape index (κ2) is 4.33. The molecule has 0 amide bonds. The Morgan fingerprint density at radius 1 is 1.07 bits per heavy atom. The largest absolute Gasteiger partial charge is 0.218 e. The molecule has 1 rings (SSSR count). The summed E-state index contributed by atoms with van der Waals surface area (Å²) in [5.74, 6) is 0.0520. The molecular weight excluding hydrogens is 210 g/mol. The molecule has 15 heavy (non-hydrogen) atoms. The van der Waals surface area contributed by atoms with Crippen LogP contribution in [0.5, 0.6) is 0 Å². The first-order valence-electron chi connectivity index (χ1n) is 4.83. The summed E-state index contributed by atoms with van der Waals surface area (Å²) in [5.41, 5.74) is 4.21. The smallest absolute Gasteiger partial charge is 0.215 e. The van der Waals surface area contributed by atoms with Gasteiger partial charge in [0.15, 0.2) is 0 Å². The molecule has 4 heteroatoms. The molecule has 1 N–H and O–H groups in total. The summed E-state index contributed by atoms with van der Waals surface area (Å²) in [5, 5.41) is 0. The molecule has 1 aromatic carbocycles. The highest BCUT2D eigenvalue weighted by Crippen LogP contribution is 2.17. The number of sulfonamides is 1. The second-order valence-electron chi connectivity index (χ2n) is 3.83. The van der Waals surface area contributed by atoms with Crippen LogP contribution in [0.4, 0.5) is 0 Å². The zero-order valence-electron chi connectivity index (χ0n) is 9.59. The summed E-state index contributed by atoms with van der Waals surface area (Å²) in [6, 6.07) is 3.97. The molecule has 3 nitrogen and oxygen atoms in total. The number of rotatable bonds is 3. The van der Waals surface area contributed by atoms with Gasteiger partial charge in [-0.1, -0.05) is 12.1 Å². The van der Waals surface area contributed by atoms with E-state index >= 15 is 0 Å². The molecule has 1 aromatic rings. The van der Waals surface area contributed by atoms with Crippen molar-refractivity contribution in [1.82, 2.24) is 4.72 Å². The third kappa shape index (κ3) is 3.04. The van der Waals surface area contributed by atoms with Crippen molar-refractivity contribution in [1.29, 1.82) is 0 Å². The fourth-order valence-electron chi connectivity index (χ4n) is 1.45. The number of aryl methyl sites for hydroxylation is 3. The Bertz CT molecular complexity index is 464. The standard InChI is InChI=1S/C11H17NO2S/c1-8-5-10(3)11(6-9(8)2)7-15(13,14)12-4/h5-6,12H,7H2,1-4H3. The maximum absolute atomic E-state index is 11.4. The normalized spacial score (nSPS) is 11.7. The molecule has 0 aliphatic rings. The molecule has 0 saturated heterocycles. The van der Waals surface area contributed by atoms with Crippen LogP contribution in [0.15, 0.2) is 12.1 Å². The lowest BCUT2D eigenvalue weighted by Gasteiger charge is -2.09. The summed E-state index contributed by atoms with van der Waals surface area (Å²) in [6.45, 7) is 5.95. The Morgan fingerprint density at radius 3 is 2.13 bits per heavy atom. The van der Waals surface area contributed by atoms with Gasteiger partial charge in [-0.05, 0) is 50.1 Å². The molecule has 0 bridgehead atoms. The van der Waals surface area contributed by atoms with Crippen molar-refractivity contribution in [2.45, 2.75) is 26.5 Å². The quantitative estimate of drug-likeness (QED) is 0.853. The lowest BCUT2D eigenvalue weighted by molar-refractivity contribution is 0.587. The van der Waals surface area contributed by atoms with Crippen molar-refractivity contribution in [3.05, 3.63) is 34.4 Å². The van der Waals surface area contributed by atoms with Crippen LogP contribution in [0.3, 0.4) is 0 Å². The summed E-state index contributed by atoms with van der Waals surface area (Å²) >= 11 is 0. The molecule has 0 fully saturated rings. The van der Waals surface area contributed by atoms with E-state index in [4.69, 9.17) is 0 Å². The van der Waals surface area contributed by atoms with Crippen LogP contribution < -0.4 is 4.72 Å². The van der Waals surface area contributed by atoms with Gasteiger partial charge in [0.25, 0.3) is 0 Å². The Labute approximate surface area is 91.6 Å². The molecule has 0 atom stereocenters. The first-order valence-corrected chi connectivity index (χ1v) is 6.49. The van der Waals surface area contributed by atoms with Gasteiger partial charge in [0.1, 0.15) is 0 Å². The van der Waals surface area contributed by atoms with Crippen LogP contribution in [0.1, 0.15) is 22.3 Å². The van der Waals surface area contributed by atoms with Gasteiger partial charge in [-0.25, -0.2) is 13.1 Å². The van der Waals surface area contributed by atoms with Crippen molar-refractivity contribution in [3.8, 4) is 0 Å². The highest BCUT2D eigenvalue weighted by atomic mass is 32.2. The molecule has 0 aromatic heterocycles. The zero-order chi connectivity index (χ0) is 11.6. The van der Waals surface area contributed by atoms with Gasteiger partial charge < -0.3 is 0 Å². The minimum absolute atomic E-state index is 0.0520. The summed E-state index contributed by atoms with van der Waals surface area (Å²) in [6.07, 6.45) is 0. The monoisotopic (exact) mass is 227 g/mol. The lowest BCUT2D eigenvalue weighted by Crippen LogP contribution is -2.20. The SMILES string of the molecule is CNS(=O)(=O)Cc1cc(C)c(C)cc1C. The molecule has 0 heterocycles. The van der Waals surface area contributed by atoms with Gasteiger partial charge in [0, 0.05) is 0 Å². The van der Waals surface area contributed by atoms with Crippen LogP contribution >= 0.6 is 0 Å². The fraction of sp³-hybridized carbons (Fsp3) is 0.455. The van der Waals surface area contributed by atoms with Crippen LogP contribution in [0, 0.1) is 20.8 Å². The van der Waals surface area contributed by atoms with E-state index in [0.717, 1.165) is 16.7 Å². The van der Waals surface area contributed by atoms with Gasteiger partial charge in [0.05, 0.1) is 5.75 Å². The topological polar surface area (TPSA) is 46.2 Å². The molecule has 84 valence electrons. The molecule has 0 radical (unpaired) electrons. The average Bonchev–Trinajstić information content (AvgIpc) is 2.14. The average molecular weight is 227 g/mol. The highest BCUT2D eigenvalue weighted by Gasteiger charge is 2.11. The summed E-state index contributed by atoms with van der Waals surface area (Å²) in [4.78, 5) is 0. The van der Waals surface area contributed by atoms with Crippen LogP contribution in [0.25, 0.3) is 0 Å². The second-order valence-corrected chi connectivity index (χ2v) is 5.75. The van der Waals surface area contributed by atoms with E-state index < -0.39 is 10.0 Å². The number of benzene rings is 1. The van der Waals surface area contributed by atoms with Gasteiger partial charge in [-0.2, -0.15) is 0 Å². The zero-order valence-corrected chi connectivity index (χ0v) is 10.4. The molecule has 0 saturated carbocycles. The maximum Gasteiger partial charge on any atom is 0.215 e. The molecule has 0 aliphatic heterocycles. The van der Waals surface area contributed by atoms with Crippen molar-refractivity contribution in [3.63, 3.8) is 0 Å². The van der Waals surface area contributed by atoms with Crippen molar-refractivity contribution in [2.24, 2.45) is 0 Å². The number of hydrogen-bond acceptors (Lipinski definition) is 2. The molecule has 0 aliphatic carbocycles. The maximum atomic E-state index is 11.4. The molecular formula is C11H17NO2S. The minimum Gasteiger partial charge on any atom is -0.218 e. The van der Waals surface area contributed by atoms with Crippen molar-refractivity contribution in [2.75, 3.05) is 7.05 Å². The Morgan fingerprint density at radius 2 is 1.60 bits per heavy atom. The Kier molecular flexibility index (Phi) is 3.52. The van der Waals surface area contributed by atoms with Crippen molar-refractivity contribution >= 4 is 10.0 Å². The van der Waals surface area contributed by atoms with Gasteiger partial charge in [-0.3, -0.25) is 0 Å². The first kappa shape index (κ1) is 12.2. The van der Waals surface area contributed by atoms with E-state index in [1.807, 2.05) is 32.9 Å². The number of hydrogen-bond donors (Lipinski definition) is 1. The Balaban J connectivity index is 3.12. The van der Waals surface area contributed by atoms with Crippen LogP contribution in [-0.2, 0) is 15.8 Å². The first-order chi connectivity index (χ1) is 6.85. The van der Waals surface area contributed by atoms with E-state index in [1.54, 1.807) is 0 Å². The van der Waals surface area contributed by atoms with Gasteiger partial charge in [-0.15, -0.1) is 0 Å². The van der Waals surface area contributed by atoms with E-state index in [2.05, 4.69) is 4.72 Å². The molecule has 0 unspecified atom stereocenters. The number of nitrogens with one attached hydrogen (secondary N) is 1. The van der Waals surface area contributed by atoms with Gasteiger partial charge in [0.2, 0.25) is 10.0 Å². The van der Waals surface area contributed by atoms with E-state index in [0.29, 0.717) is 0 Å². The van der Waals surface area contributed by atoms with E-state index in [9.17, 15) is 8.42 Å². The highest BCUT2D eigenvalue weighted by molar-refractivity contribution is 7.88. The van der Waals surface area contributed by atoms with Crippen LogP contribution in [0.2, 0.25) is 0 Å². The van der Waals surface area contributed by atoms with E-state index in [-0.39, 0.29) is 5.75 Å². The third-order valence-electron chi connectivity index (χ3n) is 2.61. The lowest BCUT2D eigenvalue weighted by atomic mass is 10.0. The summed E-state index contributed by atoms with van der Waals surface area (Å²) < 4.78 is 25.1. The van der Waals surface area contributed by atoms with Crippen molar-refractivity contribution < 1.29 is 8.42 Å². The third-order valence-corrected chi connectivity index (χ3v) is 3.92. The Hall–Kier alpha value is -0.870.